The molecule has 0 radical (unpaired) electrons. The fourth-order valence-electron chi connectivity index (χ4n) is 2.94. The number of anilines is 1. The van der Waals surface area contributed by atoms with E-state index in [1.165, 1.54) is 6.20 Å². The van der Waals surface area contributed by atoms with Gasteiger partial charge in [-0.2, -0.15) is 18.3 Å². The molecule has 3 rings (SSSR count). The van der Waals surface area contributed by atoms with Gasteiger partial charge in [0.1, 0.15) is 11.4 Å². The molecule has 1 fully saturated rings. The summed E-state index contributed by atoms with van der Waals surface area (Å²) >= 11 is 0. The number of rotatable bonds is 5. The average molecular weight is 370 g/mol. The third kappa shape index (κ3) is 3.79. The Hall–Kier alpha value is -2.62. The Bertz CT molecular complexity index is 789. The minimum atomic E-state index is -4.83. The molecule has 1 aliphatic rings. The minimum absolute atomic E-state index is 0.0249. The van der Waals surface area contributed by atoms with E-state index in [9.17, 15) is 23.1 Å². The van der Waals surface area contributed by atoms with Crippen LogP contribution in [0.5, 0.6) is 0 Å². The molecular formula is C16H17F3N4O3. The van der Waals surface area contributed by atoms with Crippen molar-refractivity contribution in [2.24, 2.45) is 5.92 Å². The second-order valence-corrected chi connectivity index (χ2v) is 6.20. The molecule has 0 spiro atoms. The Labute approximate surface area is 146 Å². The number of carboxylic acid groups (broad SMARTS) is 1. The monoisotopic (exact) mass is 370 g/mol. The Kier molecular flexibility index (Phi) is 4.86. The summed E-state index contributed by atoms with van der Waals surface area (Å²) < 4.78 is 39.6. The van der Waals surface area contributed by atoms with Gasteiger partial charge < -0.3 is 15.1 Å². The molecule has 1 atom stereocenters. The summed E-state index contributed by atoms with van der Waals surface area (Å²) in [6, 6.07) is 3.46. The van der Waals surface area contributed by atoms with Gasteiger partial charge in [-0.05, 0) is 18.1 Å². The van der Waals surface area contributed by atoms with Gasteiger partial charge in [0.05, 0.1) is 6.54 Å². The largest absolute Gasteiger partial charge is 0.478 e. The van der Waals surface area contributed by atoms with E-state index in [0.717, 1.165) is 29.7 Å². The molecule has 7 nitrogen and oxygen atoms in total. The first kappa shape index (κ1) is 18.2. The van der Waals surface area contributed by atoms with Crippen LogP contribution >= 0.6 is 0 Å². The first-order valence-corrected chi connectivity index (χ1v) is 7.96. The highest BCUT2D eigenvalue weighted by molar-refractivity contribution is 5.88. The van der Waals surface area contributed by atoms with E-state index in [-0.39, 0.29) is 19.1 Å². The maximum atomic E-state index is 12.9. The van der Waals surface area contributed by atoms with E-state index in [2.05, 4.69) is 10.1 Å². The quantitative estimate of drug-likeness (QED) is 0.835. The van der Waals surface area contributed by atoms with Gasteiger partial charge in [0.15, 0.2) is 5.69 Å². The number of hydrogen-bond donors (Lipinski definition) is 2. The summed E-state index contributed by atoms with van der Waals surface area (Å²) in [6.07, 6.45) is -1.56. The lowest BCUT2D eigenvalue weighted by molar-refractivity contribution is -0.142. The summed E-state index contributed by atoms with van der Waals surface area (Å²) in [7, 11) is 0. The van der Waals surface area contributed by atoms with Crippen molar-refractivity contribution < 1.29 is 28.2 Å². The van der Waals surface area contributed by atoms with Crippen molar-refractivity contribution in [3.8, 4) is 0 Å². The number of pyridine rings is 1. The van der Waals surface area contributed by atoms with Gasteiger partial charge in [0, 0.05) is 38.0 Å². The third-order valence-corrected chi connectivity index (χ3v) is 4.28. The molecule has 0 saturated carbocycles. The predicted molar refractivity (Wildman–Crippen MR) is 84.9 cm³/mol. The lowest BCUT2D eigenvalue weighted by Crippen LogP contribution is -2.21. The third-order valence-electron chi connectivity index (χ3n) is 4.28. The van der Waals surface area contributed by atoms with Gasteiger partial charge in [0.25, 0.3) is 0 Å². The second-order valence-electron chi connectivity index (χ2n) is 6.20. The number of hydrogen-bond acceptors (Lipinski definition) is 5. The molecule has 26 heavy (non-hydrogen) atoms. The van der Waals surface area contributed by atoms with Crippen molar-refractivity contribution in [3.05, 3.63) is 41.3 Å². The highest BCUT2D eigenvalue weighted by Crippen LogP contribution is 2.31. The van der Waals surface area contributed by atoms with Crippen molar-refractivity contribution in [2.45, 2.75) is 19.1 Å². The van der Waals surface area contributed by atoms with Crippen molar-refractivity contribution in [1.29, 1.82) is 0 Å². The van der Waals surface area contributed by atoms with Crippen LogP contribution in [0.25, 0.3) is 0 Å². The van der Waals surface area contributed by atoms with Crippen LogP contribution in [-0.4, -0.2) is 50.6 Å². The van der Waals surface area contributed by atoms with Crippen LogP contribution in [0.1, 0.15) is 28.0 Å². The zero-order valence-corrected chi connectivity index (χ0v) is 13.6. The average Bonchev–Trinajstić information content (AvgIpc) is 3.22. The first-order valence-electron chi connectivity index (χ1n) is 7.96. The Morgan fingerprint density at radius 3 is 2.62 bits per heavy atom. The van der Waals surface area contributed by atoms with Crippen LogP contribution in [0.2, 0.25) is 0 Å². The number of aliphatic hydroxyl groups is 1. The highest BCUT2D eigenvalue weighted by atomic mass is 19.4. The van der Waals surface area contributed by atoms with Gasteiger partial charge in [0.2, 0.25) is 0 Å². The van der Waals surface area contributed by atoms with Crippen LogP contribution in [-0.2, 0) is 12.7 Å². The molecule has 2 aromatic heterocycles. The number of nitrogens with zero attached hydrogens (tertiary/aromatic N) is 4. The van der Waals surface area contributed by atoms with Gasteiger partial charge >= 0.3 is 12.1 Å². The SMILES string of the molecule is O=C(O)c1cn(Cc2ccc(N3CC[C@@H](CO)C3)nc2)nc1C(F)(F)F. The Morgan fingerprint density at radius 2 is 2.12 bits per heavy atom. The molecule has 2 N–H and O–H groups in total. The van der Waals surface area contributed by atoms with Gasteiger partial charge in [-0.3, -0.25) is 4.68 Å². The van der Waals surface area contributed by atoms with Gasteiger partial charge in [-0.15, -0.1) is 0 Å². The van der Waals surface area contributed by atoms with E-state index >= 15 is 0 Å². The van der Waals surface area contributed by atoms with Crippen LogP contribution in [0.3, 0.4) is 0 Å². The minimum Gasteiger partial charge on any atom is -0.478 e. The summed E-state index contributed by atoms with van der Waals surface area (Å²) in [6.45, 7) is 1.59. The molecule has 3 heterocycles. The molecule has 0 aliphatic carbocycles. The number of carboxylic acids is 1. The number of carbonyl (C=O) groups is 1. The van der Waals surface area contributed by atoms with E-state index in [1.807, 2.05) is 4.90 Å². The second kappa shape index (κ2) is 6.94. The summed E-state index contributed by atoms with van der Waals surface area (Å²) in [5, 5.41) is 21.5. The topological polar surface area (TPSA) is 91.5 Å². The fraction of sp³-hybridized carbons (Fsp3) is 0.438. The van der Waals surface area contributed by atoms with Crippen molar-refractivity contribution in [1.82, 2.24) is 14.8 Å². The zero-order valence-electron chi connectivity index (χ0n) is 13.6. The van der Waals surface area contributed by atoms with Gasteiger partial charge in [-0.1, -0.05) is 6.07 Å². The maximum absolute atomic E-state index is 12.9. The summed E-state index contributed by atoms with van der Waals surface area (Å²) in [4.78, 5) is 17.3. The molecule has 1 saturated heterocycles. The van der Waals surface area contributed by atoms with Crippen molar-refractivity contribution >= 4 is 11.8 Å². The lowest BCUT2D eigenvalue weighted by Gasteiger charge is -2.17. The van der Waals surface area contributed by atoms with E-state index < -0.39 is 23.4 Å². The van der Waals surface area contributed by atoms with Gasteiger partial charge in [-0.25, -0.2) is 9.78 Å². The lowest BCUT2D eigenvalue weighted by atomic mass is 10.1. The Morgan fingerprint density at radius 1 is 1.35 bits per heavy atom. The first-order chi connectivity index (χ1) is 12.3. The van der Waals surface area contributed by atoms with E-state index in [0.29, 0.717) is 12.1 Å². The van der Waals surface area contributed by atoms with Crippen LogP contribution in [0.4, 0.5) is 19.0 Å². The molecule has 2 aromatic rings. The Balaban J connectivity index is 1.74. The fourth-order valence-corrected chi connectivity index (χ4v) is 2.94. The maximum Gasteiger partial charge on any atom is 0.436 e. The number of aromatic nitrogens is 3. The number of halogens is 3. The van der Waals surface area contributed by atoms with Crippen LogP contribution in [0, 0.1) is 5.92 Å². The molecule has 0 bridgehead atoms. The van der Waals surface area contributed by atoms with Crippen molar-refractivity contribution in [2.75, 3.05) is 24.6 Å². The molecule has 0 unspecified atom stereocenters. The predicted octanol–water partition coefficient (Wildman–Crippen LogP) is 1.86. The molecule has 10 heteroatoms. The number of aromatic carboxylic acids is 1. The normalized spacial score (nSPS) is 17.7. The standard InChI is InChI=1S/C16H17F3N4O3/c17-16(18,19)14-12(15(25)26)8-23(21-14)7-10-1-2-13(20-5-10)22-4-3-11(6-22)9-24/h1-2,5,8,11,24H,3-4,6-7,9H2,(H,25,26)/t11-/m1/s1. The number of aliphatic hydroxyl groups excluding tert-OH is 1. The molecule has 0 amide bonds. The van der Waals surface area contributed by atoms with E-state index in [1.54, 1.807) is 12.1 Å². The van der Waals surface area contributed by atoms with Crippen LogP contribution in [0.15, 0.2) is 24.5 Å². The summed E-state index contributed by atoms with van der Waals surface area (Å²) in [5.74, 6) is -0.729. The zero-order chi connectivity index (χ0) is 18.9. The van der Waals surface area contributed by atoms with E-state index in [4.69, 9.17) is 5.11 Å². The van der Waals surface area contributed by atoms with Crippen molar-refractivity contribution in [3.63, 3.8) is 0 Å². The number of alkyl halides is 3. The smallest absolute Gasteiger partial charge is 0.436 e. The molecular weight excluding hydrogens is 353 g/mol. The molecule has 1 aliphatic heterocycles. The molecule has 0 aromatic carbocycles. The summed E-state index contributed by atoms with van der Waals surface area (Å²) in [5.41, 5.74) is -1.70. The molecule has 140 valence electrons. The van der Waals surface area contributed by atoms with Crippen LogP contribution < -0.4 is 4.90 Å². The highest BCUT2D eigenvalue weighted by Gasteiger charge is 2.39.